The number of benzene rings is 2. The molecule has 0 fully saturated rings. The third kappa shape index (κ3) is 3.20. The number of phenols is 1. The molecule has 1 heterocycles. The zero-order chi connectivity index (χ0) is 20.1. The van der Waals surface area contributed by atoms with Gasteiger partial charge in [0.25, 0.3) is 0 Å². The van der Waals surface area contributed by atoms with E-state index >= 15 is 0 Å². The maximum absolute atomic E-state index is 13.6. The number of fused-ring (bicyclic) bond motifs is 1. The van der Waals surface area contributed by atoms with E-state index in [1.165, 1.54) is 18.2 Å². The molecule has 142 valence electrons. The van der Waals surface area contributed by atoms with Crippen molar-refractivity contribution in [3.63, 3.8) is 0 Å². The summed E-state index contributed by atoms with van der Waals surface area (Å²) >= 11 is 0. The first-order valence-electron chi connectivity index (χ1n) is 7.98. The van der Waals surface area contributed by atoms with E-state index in [9.17, 15) is 28.4 Å². The molecule has 0 atom stereocenters. The topological polar surface area (TPSA) is 81.2 Å². The highest BCUT2D eigenvalue weighted by molar-refractivity contribution is 5.79. The van der Waals surface area contributed by atoms with Crippen molar-refractivity contribution in [2.24, 2.45) is 0 Å². The van der Waals surface area contributed by atoms with Crippen LogP contribution in [0.2, 0.25) is 0 Å². The molecule has 0 unspecified atom stereocenters. The Morgan fingerprint density at radius 2 is 1.78 bits per heavy atom. The summed E-state index contributed by atoms with van der Waals surface area (Å²) in [6, 6.07) is 8.24. The molecule has 3 aromatic rings. The number of aromatic hydroxyl groups is 1. The standard InChI is InChI=1S/C18H16F3N3O3/c1-17(2,3)11-8-10(9-14(15(11)25)24(26)27)23-13-7-5-4-6-12(13)22-16(23)18(19,20)21/h4-9,25H,1-3H3. The Kier molecular flexibility index (Phi) is 4.13. The summed E-state index contributed by atoms with van der Waals surface area (Å²) in [5, 5.41) is 21.6. The maximum Gasteiger partial charge on any atom is 0.450 e. The van der Waals surface area contributed by atoms with Gasteiger partial charge in [-0.2, -0.15) is 13.2 Å². The van der Waals surface area contributed by atoms with Crippen LogP contribution in [0.1, 0.15) is 32.2 Å². The maximum atomic E-state index is 13.6. The van der Waals surface area contributed by atoms with Gasteiger partial charge in [0.2, 0.25) is 5.82 Å². The largest absolute Gasteiger partial charge is 0.502 e. The highest BCUT2D eigenvalue weighted by atomic mass is 19.4. The third-order valence-corrected chi connectivity index (χ3v) is 4.15. The van der Waals surface area contributed by atoms with Crippen molar-refractivity contribution in [3.05, 3.63) is 57.9 Å². The fourth-order valence-corrected chi connectivity index (χ4v) is 2.92. The van der Waals surface area contributed by atoms with Gasteiger partial charge in [-0.15, -0.1) is 0 Å². The average Bonchev–Trinajstić information content (AvgIpc) is 2.93. The van der Waals surface area contributed by atoms with Crippen LogP contribution >= 0.6 is 0 Å². The monoisotopic (exact) mass is 379 g/mol. The molecule has 3 rings (SSSR count). The van der Waals surface area contributed by atoms with Gasteiger partial charge < -0.3 is 5.11 Å². The lowest BCUT2D eigenvalue weighted by Crippen LogP contribution is -2.16. The number of hydrogen-bond donors (Lipinski definition) is 1. The molecule has 27 heavy (non-hydrogen) atoms. The number of para-hydroxylation sites is 2. The van der Waals surface area contributed by atoms with Crippen LogP contribution in [0.15, 0.2) is 36.4 Å². The number of aromatic nitrogens is 2. The highest BCUT2D eigenvalue weighted by Crippen LogP contribution is 2.41. The molecule has 2 aromatic carbocycles. The number of halogens is 3. The van der Waals surface area contributed by atoms with Crippen LogP contribution in [0.5, 0.6) is 5.75 Å². The molecule has 0 saturated heterocycles. The lowest BCUT2D eigenvalue weighted by molar-refractivity contribution is -0.386. The van der Waals surface area contributed by atoms with Gasteiger partial charge in [0, 0.05) is 11.6 Å². The Labute approximate surface area is 152 Å². The number of hydrogen-bond acceptors (Lipinski definition) is 4. The number of imidazole rings is 1. The number of nitrogens with zero attached hydrogens (tertiary/aromatic N) is 3. The summed E-state index contributed by atoms with van der Waals surface area (Å²) in [7, 11) is 0. The predicted molar refractivity (Wildman–Crippen MR) is 93.1 cm³/mol. The summed E-state index contributed by atoms with van der Waals surface area (Å²) in [6.45, 7) is 5.10. The van der Waals surface area contributed by atoms with Crippen LogP contribution in [0, 0.1) is 10.1 Å². The van der Waals surface area contributed by atoms with E-state index in [2.05, 4.69) is 4.98 Å². The Morgan fingerprint density at radius 3 is 2.33 bits per heavy atom. The second kappa shape index (κ2) is 5.97. The average molecular weight is 379 g/mol. The van der Waals surface area contributed by atoms with Crippen molar-refractivity contribution in [1.29, 1.82) is 0 Å². The number of rotatable bonds is 2. The first kappa shape index (κ1) is 18.7. The van der Waals surface area contributed by atoms with E-state index in [1.807, 2.05) is 0 Å². The molecular weight excluding hydrogens is 363 g/mol. The Morgan fingerprint density at radius 1 is 1.15 bits per heavy atom. The second-order valence-corrected chi connectivity index (χ2v) is 7.13. The van der Waals surface area contributed by atoms with E-state index in [-0.39, 0.29) is 22.3 Å². The molecule has 0 radical (unpaired) electrons. The molecule has 0 aliphatic carbocycles. The number of phenolic OH excluding ortho intramolecular Hbond substituents is 1. The van der Waals surface area contributed by atoms with Crippen LogP contribution in [0.3, 0.4) is 0 Å². The van der Waals surface area contributed by atoms with E-state index in [0.29, 0.717) is 0 Å². The van der Waals surface area contributed by atoms with Crippen molar-refractivity contribution in [1.82, 2.24) is 9.55 Å². The molecule has 6 nitrogen and oxygen atoms in total. The number of nitro groups is 1. The van der Waals surface area contributed by atoms with Crippen LogP contribution < -0.4 is 0 Å². The normalized spacial score (nSPS) is 12.5. The second-order valence-electron chi connectivity index (χ2n) is 7.13. The highest BCUT2D eigenvalue weighted by Gasteiger charge is 2.39. The molecule has 0 aliphatic rings. The van der Waals surface area contributed by atoms with E-state index in [0.717, 1.165) is 10.6 Å². The predicted octanol–water partition coefficient (Wildman–Crippen LogP) is 4.96. The lowest BCUT2D eigenvalue weighted by atomic mass is 9.85. The van der Waals surface area contributed by atoms with Crippen molar-refractivity contribution in [2.45, 2.75) is 32.4 Å². The van der Waals surface area contributed by atoms with Gasteiger partial charge >= 0.3 is 11.9 Å². The molecular formula is C18H16F3N3O3. The van der Waals surface area contributed by atoms with Crippen molar-refractivity contribution >= 4 is 16.7 Å². The molecule has 1 aromatic heterocycles. The molecule has 9 heteroatoms. The molecule has 0 amide bonds. The van der Waals surface area contributed by atoms with Gasteiger partial charge in [0.05, 0.1) is 21.6 Å². The summed E-state index contributed by atoms with van der Waals surface area (Å²) in [4.78, 5) is 14.2. The van der Waals surface area contributed by atoms with Crippen molar-refractivity contribution in [2.75, 3.05) is 0 Å². The Bertz CT molecular complexity index is 1050. The van der Waals surface area contributed by atoms with Gasteiger partial charge in [0.1, 0.15) is 0 Å². The summed E-state index contributed by atoms with van der Waals surface area (Å²) in [6.07, 6.45) is -4.77. The summed E-state index contributed by atoms with van der Waals surface area (Å²) in [5.41, 5.74) is -1.06. The smallest absolute Gasteiger partial charge is 0.450 e. The van der Waals surface area contributed by atoms with Gasteiger partial charge in [-0.05, 0) is 23.6 Å². The van der Waals surface area contributed by atoms with Crippen LogP contribution in [0.4, 0.5) is 18.9 Å². The first-order chi connectivity index (χ1) is 12.4. The minimum absolute atomic E-state index is 0.0922. The minimum atomic E-state index is -4.77. The van der Waals surface area contributed by atoms with E-state index in [4.69, 9.17) is 0 Å². The number of nitro benzene ring substituents is 1. The van der Waals surface area contributed by atoms with E-state index in [1.54, 1.807) is 32.9 Å². The molecule has 0 saturated carbocycles. The zero-order valence-corrected chi connectivity index (χ0v) is 14.7. The van der Waals surface area contributed by atoms with Gasteiger partial charge in [-0.25, -0.2) is 4.98 Å². The molecule has 1 N–H and O–H groups in total. The van der Waals surface area contributed by atoms with E-state index < -0.39 is 33.8 Å². The van der Waals surface area contributed by atoms with Gasteiger partial charge in [-0.3, -0.25) is 14.7 Å². The Hall–Kier alpha value is -3.10. The zero-order valence-electron chi connectivity index (χ0n) is 14.7. The molecule has 0 aliphatic heterocycles. The minimum Gasteiger partial charge on any atom is -0.502 e. The van der Waals surface area contributed by atoms with Crippen LogP contribution in [-0.4, -0.2) is 19.6 Å². The van der Waals surface area contributed by atoms with Gasteiger partial charge in [-0.1, -0.05) is 32.9 Å². The fourth-order valence-electron chi connectivity index (χ4n) is 2.92. The first-order valence-corrected chi connectivity index (χ1v) is 7.98. The molecule has 0 bridgehead atoms. The SMILES string of the molecule is CC(C)(C)c1cc(-n2c(C(F)(F)F)nc3ccccc32)cc([N+](=O)[O-])c1O. The third-order valence-electron chi connectivity index (χ3n) is 4.15. The fraction of sp³-hybridized carbons (Fsp3) is 0.278. The van der Waals surface area contributed by atoms with Crippen molar-refractivity contribution in [3.8, 4) is 11.4 Å². The van der Waals surface area contributed by atoms with Crippen LogP contribution in [-0.2, 0) is 11.6 Å². The number of alkyl halides is 3. The summed E-state index contributed by atoms with van der Waals surface area (Å²) < 4.78 is 41.6. The quantitative estimate of drug-likeness (QED) is 0.504. The van der Waals surface area contributed by atoms with Gasteiger partial charge in [0.15, 0.2) is 5.75 Å². The lowest BCUT2D eigenvalue weighted by Gasteiger charge is -2.22. The Balaban J connectivity index is 2.44. The summed E-state index contributed by atoms with van der Waals surface area (Å²) in [5.74, 6) is -1.75. The van der Waals surface area contributed by atoms with Crippen LogP contribution in [0.25, 0.3) is 16.7 Å². The molecule has 0 spiro atoms. The van der Waals surface area contributed by atoms with Crippen molar-refractivity contribution < 1.29 is 23.2 Å².